The second-order valence-electron chi connectivity index (χ2n) is 7.12. The van der Waals surface area contributed by atoms with Crippen molar-refractivity contribution >= 4 is 17.1 Å². The fourth-order valence-electron chi connectivity index (χ4n) is 3.79. The number of anilines is 1. The van der Waals surface area contributed by atoms with Crippen molar-refractivity contribution in [3.8, 4) is 5.75 Å². The summed E-state index contributed by atoms with van der Waals surface area (Å²) in [6, 6.07) is 17.0. The number of nitrogens with zero attached hydrogens (tertiary/aromatic N) is 3. The van der Waals surface area contributed by atoms with Crippen LogP contribution in [-0.2, 0) is 6.54 Å². The number of hydrogen-bond acceptors (Lipinski definition) is 6. The number of rotatable bonds is 7. The summed E-state index contributed by atoms with van der Waals surface area (Å²) in [6.07, 6.45) is 0.730. The molecule has 0 spiro atoms. The molecule has 3 aromatic rings. The van der Waals surface area contributed by atoms with E-state index in [-0.39, 0.29) is 12.6 Å². The van der Waals surface area contributed by atoms with Crippen LogP contribution in [0.25, 0.3) is 11.1 Å². The Kier molecular flexibility index (Phi) is 5.78. The molecule has 0 bridgehead atoms. The summed E-state index contributed by atoms with van der Waals surface area (Å²) >= 11 is 0. The van der Waals surface area contributed by atoms with E-state index in [0.717, 1.165) is 49.4 Å². The molecule has 148 valence electrons. The molecule has 0 radical (unpaired) electrons. The van der Waals surface area contributed by atoms with E-state index in [4.69, 9.17) is 9.15 Å². The van der Waals surface area contributed by atoms with E-state index in [9.17, 15) is 5.11 Å². The number of oxazole rings is 1. The van der Waals surface area contributed by atoms with Crippen LogP contribution in [0.4, 0.5) is 6.01 Å². The van der Waals surface area contributed by atoms with Gasteiger partial charge < -0.3 is 19.2 Å². The molecule has 0 amide bonds. The maximum atomic E-state index is 9.57. The molecule has 2 heterocycles. The highest BCUT2D eigenvalue weighted by Gasteiger charge is 2.29. The summed E-state index contributed by atoms with van der Waals surface area (Å²) in [4.78, 5) is 9.26. The fraction of sp³-hybridized carbons (Fsp3) is 0.409. The first-order valence-electron chi connectivity index (χ1n) is 9.94. The molecule has 6 nitrogen and oxygen atoms in total. The van der Waals surface area contributed by atoms with Gasteiger partial charge in [0.1, 0.15) is 11.3 Å². The average molecular weight is 381 g/mol. The zero-order valence-corrected chi connectivity index (χ0v) is 16.3. The molecule has 1 saturated heterocycles. The number of hydrogen-bond donors (Lipinski definition) is 1. The normalized spacial score (nSPS) is 17.9. The summed E-state index contributed by atoms with van der Waals surface area (Å²) in [5, 5.41) is 9.57. The Hall–Kier alpha value is -2.57. The van der Waals surface area contributed by atoms with Gasteiger partial charge in [-0.25, -0.2) is 0 Å². The van der Waals surface area contributed by atoms with Crippen LogP contribution < -0.4 is 9.64 Å². The van der Waals surface area contributed by atoms with Gasteiger partial charge in [-0.2, -0.15) is 4.98 Å². The maximum Gasteiger partial charge on any atom is 0.298 e. The summed E-state index contributed by atoms with van der Waals surface area (Å²) in [7, 11) is 0. The van der Waals surface area contributed by atoms with Gasteiger partial charge in [-0.3, -0.25) is 4.90 Å². The Morgan fingerprint density at radius 2 is 1.96 bits per heavy atom. The summed E-state index contributed by atoms with van der Waals surface area (Å²) in [6.45, 7) is 6.25. The lowest BCUT2D eigenvalue weighted by Gasteiger charge is -2.40. The van der Waals surface area contributed by atoms with E-state index in [1.54, 1.807) is 0 Å². The number of benzene rings is 2. The Bertz CT molecular complexity index is 860. The van der Waals surface area contributed by atoms with Crippen LogP contribution in [0.15, 0.2) is 52.9 Å². The average Bonchev–Trinajstić information content (AvgIpc) is 3.15. The highest BCUT2D eigenvalue weighted by Crippen LogP contribution is 2.25. The Labute approximate surface area is 165 Å². The largest absolute Gasteiger partial charge is 0.494 e. The minimum atomic E-state index is 0.172. The van der Waals surface area contributed by atoms with Crippen molar-refractivity contribution < 1.29 is 14.3 Å². The molecule has 2 aromatic carbocycles. The van der Waals surface area contributed by atoms with Crippen molar-refractivity contribution in [3.63, 3.8) is 0 Å². The molecule has 1 aliphatic rings. The summed E-state index contributed by atoms with van der Waals surface area (Å²) < 4.78 is 11.5. The highest BCUT2D eigenvalue weighted by atomic mass is 16.5. The van der Waals surface area contributed by atoms with Crippen molar-refractivity contribution in [2.75, 3.05) is 37.7 Å². The Morgan fingerprint density at radius 3 is 2.71 bits per heavy atom. The van der Waals surface area contributed by atoms with Crippen LogP contribution in [0.1, 0.15) is 18.9 Å². The van der Waals surface area contributed by atoms with Crippen molar-refractivity contribution in [1.29, 1.82) is 0 Å². The number of fused-ring (bicyclic) bond motifs is 1. The molecular formula is C22H27N3O3. The molecule has 1 aromatic heterocycles. The quantitative estimate of drug-likeness (QED) is 0.678. The number of para-hydroxylation sites is 2. The molecule has 0 saturated carbocycles. The number of aliphatic hydroxyl groups is 1. The van der Waals surface area contributed by atoms with E-state index in [2.05, 4.69) is 26.9 Å². The topological polar surface area (TPSA) is 62.0 Å². The van der Waals surface area contributed by atoms with Gasteiger partial charge in [0.2, 0.25) is 0 Å². The first kappa shape index (κ1) is 18.8. The molecule has 1 aliphatic heterocycles. The number of ether oxygens (including phenoxy) is 1. The molecule has 28 heavy (non-hydrogen) atoms. The lowest BCUT2D eigenvalue weighted by molar-refractivity contribution is 0.133. The molecule has 1 unspecified atom stereocenters. The number of piperazine rings is 1. The van der Waals surface area contributed by atoms with Gasteiger partial charge in [-0.15, -0.1) is 0 Å². The predicted molar refractivity (Wildman–Crippen MR) is 110 cm³/mol. The second kappa shape index (κ2) is 8.63. The zero-order valence-electron chi connectivity index (χ0n) is 16.3. The first-order chi connectivity index (χ1) is 13.8. The second-order valence-corrected chi connectivity index (χ2v) is 7.12. The van der Waals surface area contributed by atoms with Crippen LogP contribution in [-0.4, -0.2) is 53.9 Å². The molecule has 1 N–H and O–H groups in total. The smallest absolute Gasteiger partial charge is 0.298 e. The summed E-state index contributed by atoms with van der Waals surface area (Å²) in [5.41, 5.74) is 2.95. The zero-order chi connectivity index (χ0) is 19.3. The molecule has 1 atom stereocenters. The van der Waals surface area contributed by atoms with Gasteiger partial charge >= 0.3 is 0 Å². The van der Waals surface area contributed by atoms with Crippen molar-refractivity contribution in [3.05, 3.63) is 54.1 Å². The minimum Gasteiger partial charge on any atom is -0.494 e. The third kappa shape index (κ3) is 4.13. The lowest BCUT2D eigenvalue weighted by Crippen LogP contribution is -2.53. The maximum absolute atomic E-state index is 9.57. The lowest BCUT2D eigenvalue weighted by atomic mass is 10.1. The highest BCUT2D eigenvalue weighted by molar-refractivity contribution is 5.74. The Morgan fingerprint density at radius 1 is 1.14 bits per heavy atom. The van der Waals surface area contributed by atoms with E-state index in [1.807, 2.05) is 43.3 Å². The van der Waals surface area contributed by atoms with Gasteiger partial charge in [0.05, 0.1) is 6.61 Å². The minimum absolute atomic E-state index is 0.172. The van der Waals surface area contributed by atoms with Crippen LogP contribution in [0.3, 0.4) is 0 Å². The van der Waals surface area contributed by atoms with E-state index < -0.39 is 0 Å². The van der Waals surface area contributed by atoms with Gasteiger partial charge in [-0.05, 0) is 43.2 Å². The van der Waals surface area contributed by atoms with Crippen molar-refractivity contribution in [1.82, 2.24) is 9.88 Å². The van der Waals surface area contributed by atoms with Crippen LogP contribution in [0.2, 0.25) is 0 Å². The van der Waals surface area contributed by atoms with Gasteiger partial charge in [0.25, 0.3) is 6.01 Å². The third-order valence-corrected chi connectivity index (χ3v) is 5.24. The predicted octanol–water partition coefficient (Wildman–Crippen LogP) is 3.30. The van der Waals surface area contributed by atoms with E-state index >= 15 is 0 Å². The van der Waals surface area contributed by atoms with E-state index in [1.165, 1.54) is 5.56 Å². The van der Waals surface area contributed by atoms with Gasteiger partial charge in [0.15, 0.2) is 5.58 Å². The monoisotopic (exact) mass is 381 g/mol. The third-order valence-electron chi connectivity index (χ3n) is 5.24. The molecule has 6 heteroatoms. The first-order valence-corrected chi connectivity index (χ1v) is 9.94. The van der Waals surface area contributed by atoms with E-state index in [0.29, 0.717) is 12.6 Å². The van der Waals surface area contributed by atoms with Gasteiger partial charge in [-0.1, -0.05) is 24.3 Å². The SMILES string of the molecule is CCOc1ccc(CN2CCN(c3nc4ccccc4o3)CC2CCO)cc1. The molecule has 4 rings (SSSR count). The number of aromatic nitrogens is 1. The van der Waals surface area contributed by atoms with Gasteiger partial charge in [0, 0.05) is 38.8 Å². The standard InChI is InChI=1S/C22H27N3O3/c1-2-27-19-9-7-17(8-10-19)15-24-12-13-25(16-18(24)11-14-26)22-23-20-5-3-4-6-21(20)28-22/h3-10,18,26H,2,11-16H2,1H3. The summed E-state index contributed by atoms with van der Waals surface area (Å²) in [5.74, 6) is 0.902. The fourth-order valence-corrected chi connectivity index (χ4v) is 3.79. The van der Waals surface area contributed by atoms with Crippen LogP contribution in [0, 0.1) is 0 Å². The Balaban J connectivity index is 1.45. The molecule has 0 aliphatic carbocycles. The van der Waals surface area contributed by atoms with Crippen LogP contribution in [0.5, 0.6) is 5.75 Å². The number of aliphatic hydroxyl groups excluding tert-OH is 1. The molecular weight excluding hydrogens is 354 g/mol. The van der Waals surface area contributed by atoms with Crippen molar-refractivity contribution in [2.45, 2.75) is 25.9 Å². The van der Waals surface area contributed by atoms with Crippen LogP contribution >= 0.6 is 0 Å². The molecule has 1 fully saturated rings. The van der Waals surface area contributed by atoms with Crippen molar-refractivity contribution in [2.24, 2.45) is 0 Å².